The first kappa shape index (κ1) is 10.4. The number of carboxylic acid groups (broad SMARTS) is 1. The van der Waals surface area contributed by atoms with Crippen LogP contribution in [0.5, 0.6) is 0 Å². The molecule has 0 saturated heterocycles. The van der Waals surface area contributed by atoms with Gasteiger partial charge in [-0.05, 0) is 23.3 Å². The first-order valence-corrected chi connectivity index (χ1v) is 4.92. The maximum absolute atomic E-state index is 11.0. The molecule has 1 aliphatic rings. The first-order chi connectivity index (χ1) is 7.68. The first-order valence-electron chi connectivity index (χ1n) is 4.92. The van der Waals surface area contributed by atoms with Crippen molar-refractivity contribution in [1.82, 2.24) is 0 Å². The summed E-state index contributed by atoms with van der Waals surface area (Å²) < 4.78 is 0. The van der Waals surface area contributed by atoms with E-state index in [1.165, 1.54) is 6.08 Å². The Morgan fingerprint density at radius 2 is 1.94 bits per heavy atom. The quantitative estimate of drug-likeness (QED) is 0.821. The van der Waals surface area contributed by atoms with Crippen molar-refractivity contribution in [3.8, 4) is 0 Å². The number of carbonyl (C=O) groups excluding carboxylic acids is 1. The lowest BCUT2D eigenvalue weighted by atomic mass is 9.95. The highest BCUT2D eigenvalue weighted by Gasteiger charge is 2.13. The Bertz CT molecular complexity index is 510. The predicted molar refractivity (Wildman–Crippen MR) is 60.1 cm³/mol. The van der Waals surface area contributed by atoms with Gasteiger partial charge < -0.3 is 5.11 Å². The van der Waals surface area contributed by atoms with Crippen LogP contribution in [0.1, 0.15) is 22.3 Å². The molecule has 0 amide bonds. The van der Waals surface area contributed by atoms with Gasteiger partial charge in [0.15, 0.2) is 5.78 Å². The number of ketones is 1. The SMILES string of the molecule is O=C1C=CC(c2ccccc2C(=O)O)=CC1. The largest absolute Gasteiger partial charge is 0.478 e. The molecule has 0 spiro atoms. The summed E-state index contributed by atoms with van der Waals surface area (Å²) in [5.74, 6) is -0.918. The topological polar surface area (TPSA) is 54.4 Å². The average Bonchev–Trinajstić information content (AvgIpc) is 2.30. The third-order valence-electron chi connectivity index (χ3n) is 2.44. The normalized spacial score (nSPS) is 14.8. The van der Waals surface area contributed by atoms with Gasteiger partial charge in [0.05, 0.1) is 5.56 Å². The van der Waals surface area contributed by atoms with Crippen LogP contribution in [0.3, 0.4) is 0 Å². The summed E-state index contributed by atoms with van der Waals surface area (Å²) in [5.41, 5.74) is 1.70. The second-order valence-electron chi connectivity index (χ2n) is 3.51. The molecule has 0 aromatic heterocycles. The van der Waals surface area contributed by atoms with Crippen molar-refractivity contribution < 1.29 is 14.7 Å². The molecule has 0 atom stereocenters. The van der Waals surface area contributed by atoms with Gasteiger partial charge in [-0.2, -0.15) is 0 Å². The van der Waals surface area contributed by atoms with Crippen molar-refractivity contribution in [2.75, 3.05) is 0 Å². The maximum Gasteiger partial charge on any atom is 0.336 e. The number of carbonyl (C=O) groups is 2. The third-order valence-corrected chi connectivity index (χ3v) is 2.44. The summed E-state index contributed by atoms with van der Waals surface area (Å²) in [4.78, 5) is 22.0. The molecule has 0 saturated carbocycles. The van der Waals surface area contributed by atoms with Gasteiger partial charge in [-0.1, -0.05) is 30.4 Å². The predicted octanol–water partition coefficient (Wildman–Crippen LogP) is 2.30. The van der Waals surface area contributed by atoms with Crippen molar-refractivity contribution in [2.45, 2.75) is 6.42 Å². The highest BCUT2D eigenvalue weighted by molar-refractivity contribution is 6.01. The summed E-state index contributed by atoms with van der Waals surface area (Å²) in [6.45, 7) is 0. The van der Waals surface area contributed by atoms with E-state index in [-0.39, 0.29) is 11.3 Å². The van der Waals surface area contributed by atoms with E-state index in [9.17, 15) is 9.59 Å². The van der Waals surface area contributed by atoms with Crippen molar-refractivity contribution in [3.63, 3.8) is 0 Å². The fraction of sp³-hybridized carbons (Fsp3) is 0.0769. The number of hydrogen-bond donors (Lipinski definition) is 1. The van der Waals surface area contributed by atoms with Crippen molar-refractivity contribution in [1.29, 1.82) is 0 Å². The van der Waals surface area contributed by atoms with E-state index in [4.69, 9.17) is 5.11 Å². The number of carboxylic acids is 1. The molecule has 3 nitrogen and oxygen atoms in total. The van der Waals surface area contributed by atoms with E-state index in [0.29, 0.717) is 12.0 Å². The van der Waals surface area contributed by atoms with Gasteiger partial charge in [-0.25, -0.2) is 4.79 Å². The van der Waals surface area contributed by atoms with Gasteiger partial charge >= 0.3 is 5.97 Å². The smallest absolute Gasteiger partial charge is 0.336 e. The second-order valence-corrected chi connectivity index (χ2v) is 3.51. The van der Waals surface area contributed by atoms with E-state index in [2.05, 4.69) is 0 Å². The molecular formula is C13H10O3. The number of rotatable bonds is 2. The Morgan fingerprint density at radius 3 is 2.56 bits per heavy atom. The molecule has 0 radical (unpaired) electrons. The lowest BCUT2D eigenvalue weighted by Gasteiger charge is -2.09. The molecule has 0 unspecified atom stereocenters. The second kappa shape index (κ2) is 4.14. The Morgan fingerprint density at radius 1 is 1.19 bits per heavy atom. The van der Waals surface area contributed by atoms with Gasteiger partial charge in [0.25, 0.3) is 0 Å². The molecule has 1 aliphatic carbocycles. The zero-order valence-electron chi connectivity index (χ0n) is 8.51. The molecule has 2 rings (SSSR count). The molecule has 0 aliphatic heterocycles. The van der Waals surface area contributed by atoms with Crippen LogP contribution >= 0.6 is 0 Å². The molecule has 1 N–H and O–H groups in total. The summed E-state index contributed by atoms with van der Waals surface area (Å²) in [7, 11) is 0. The van der Waals surface area contributed by atoms with Gasteiger partial charge in [0, 0.05) is 6.42 Å². The lowest BCUT2D eigenvalue weighted by molar-refractivity contribution is -0.113. The third kappa shape index (κ3) is 1.93. The van der Waals surface area contributed by atoms with Gasteiger partial charge in [-0.15, -0.1) is 0 Å². The van der Waals surface area contributed by atoms with Crippen molar-refractivity contribution in [2.24, 2.45) is 0 Å². The Balaban J connectivity index is 2.45. The standard InChI is InChI=1S/C13H10O3/c14-10-7-5-9(6-8-10)11-3-1-2-4-12(11)13(15)16/h1-7H,8H2,(H,15,16). The van der Waals surface area contributed by atoms with Crippen molar-refractivity contribution >= 4 is 17.3 Å². The number of allylic oxidation sites excluding steroid dienone is 4. The van der Waals surface area contributed by atoms with Crippen LogP contribution in [0.25, 0.3) is 5.57 Å². The van der Waals surface area contributed by atoms with Crippen LogP contribution in [-0.4, -0.2) is 16.9 Å². The summed E-state index contributed by atoms with van der Waals surface area (Å²) in [6, 6.07) is 6.77. The molecule has 0 bridgehead atoms. The van der Waals surface area contributed by atoms with Crippen molar-refractivity contribution in [3.05, 3.63) is 53.6 Å². The van der Waals surface area contributed by atoms with Crippen LogP contribution in [-0.2, 0) is 4.79 Å². The van der Waals surface area contributed by atoms with E-state index in [1.54, 1.807) is 36.4 Å². The summed E-state index contributed by atoms with van der Waals surface area (Å²) >= 11 is 0. The van der Waals surface area contributed by atoms with Gasteiger partial charge in [0.2, 0.25) is 0 Å². The zero-order chi connectivity index (χ0) is 11.5. The molecule has 3 heteroatoms. The van der Waals surface area contributed by atoms with E-state index >= 15 is 0 Å². The maximum atomic E-state index is 11.0. The molecule has 1 aromatic rings. The molecule has 0 heterocycles. The Hall–Kier alpha value is -2.16. The van der Waals surface area contributed by atoms with Crippen LogP contribution in [0.2, 0.25) is 0 Å². The van der Waals surface area contributed by atoms with E-state index < -0.39 is 5.97 Å². The number of aromatic carboxylic acids is 1. The van der Waals surface area contributed by atoms with Crippen LogP contribution < -0.4 is 0 Å². The van der Waals surface area contributed by atoms with Crippen LogP contribution in [0.4, 0.5) is 0 Å². The molecule has 0 fully saturated rings. The fourth-order valence-electron chi connectivity index (χ4n) is 1.65. The highest BCUT2D eigenvalue weighted by Crippen LogP contribution is 2.23. The molecule has 16 heavy (non-hydrogen) atoms. The molecule has 1 aromatic carbocycles. The highest BCUT2D eigenvalue weighted by atomic mass is 16.4. The molecular weight excluding hydrogens is 204 g/mol. The minimum atomic E-state index is -0.957. The minimum Gasteiger partial charge on any atom is -0.478 e. The lowest BCUT2D eigenvalue weighted by Crippen LogP contribution is -2.03. The van der Waals surface area contributed by atoms with Crippen LogP contribution in [0, 0.1) is 0 Å². The Labute approximate surface area is 92.7 Å². The zero-order valence-corrected chi connectivity index (χ0v) is 8.51. The number of benzene rings is 1. The summed E-state index contributed by atoms with van der Waals surface area (Å²) in [6.07, 6.45) is 5.23. The van der Waals surface area contributed by atoms with Gasteiger partial charge in [-0.3, -0.25) is 4.79 Å². The van der Waals surface area contributed by atoms with E-state index in [1.807, 2.05) is 0 Å². The number of hydrogen-bond acceptors (Lipinski definition) is 2. The minimum absolute atomic E-state index is 0.0385. The molecule has 80 valence electrons. The van der Waals surface area contributed by atoms with Crippen LogP contribution in [0.15, 0.2) is 42.5 Å². The summed E-state index contributed by atoms with van der Waals surface area (Å²) in [5, 5.41) is 9.03. The monoisotopic (exact) mass is 214 g/mol. The average molecular weight is 214 g/mol. The fourth-order valence-corrected chi connectivity index (χ4v) is 1.65. The van der Waals surface area contributed by atoms with E-state index in [0.717, 1.165) is 5.57 Å². The Kier molecular flexibility index (Phi) is 2.68. The van der Waals surface area contributed by atoms with Gasteiger partial charge in [0.1, 0.15) is 0 Å².